The molecule has 3 unspecified atom stereocenters. The maximum Gasteiger partial charge on any atom is 0.217 e. The van der Waals surface area contributed by atoms with Crippen LogP contribution in [-0.4, -0.2) is 30.3 Å². The minimum Gasteiger partial charge on any atom is -0.490 e. The first-order valence-electron chi connectivity index (χ1n) is 7.59. The maximum atomic E-state index is 14.3. The molecule has 3 rings (SSSR count). The van der Waals surface area contributed by atoms with Crippen LogP contribution in [0.1, 0.15) is 49.5 Å². The summed E-state index contributed by atoms with van der Waals surface area (Å²) in [5, 5.41) is 13.2. The van der Waals surface area contributed by atoms with E-state index in [1.165, 1.54) is 13.0 Å². The van der Waals surface area contributed by atoms with E-state index in [1.54, 1.807) is 6.07 Å². The summed E-state index contributed by atoms with van der Waals surface area (Å²) in [6, 6.07) is 2.71. The van der Waals surface area contributed by atoms with Crippen LogP contribution in [0.15, 0.2) is 12.1 Å². The number of aliphatic hydroxyl groups excluding tert-OH is 1. The Balaban J connectivity index is 1.93. The predicted molar refractivity (Wildman–Crippen MR) is 77.0 cm³/mol. The highest BCUT2D eigenvalue weighted by molar-refractivity contribution is 5.73. The maximum absolute atomic E-state index is 14.3. The first-order chi connectivity index (χ1) is 10.6. The van der Waals surface area contributed by atoms with Crippen molar-refractivity contribution >= 4 is 5.91 Å². The number of carbonyl (C=O) groups is 1. The second-order valence-corrected chi connectivity index (χ2v) is 5.81. The summed E-state index contributed by atoms with van der Waals surface area (Å²) >= 11 is 0. The van der Waals surface area contributed by atoms with E-state index >= 15 is 0 Å². The topological polar surface area (TPSA) is 67.8 Å². The van der Waals surface area contributed by atoms with Gasteiger partial charge in [0.15, 0.2) is 11.6 Å². The molecule has 3 atom stereocenters. The summed E-state index contributed by atoms with van der Waals surface area (Å²) < 4.78 is 25.2. The molecule has 2 N–H and O–H groups in total. The quantitative estimate of drug-likeness (QED) is 0.896. The van der Waals surface area contributed by atoms with Crippen LogP contribution >= 0.6 is 0 Å². The van der Waals surface area contributed by atoms with E-state index in [0.29, 0.717) is 30.8 Å². The molecule has 0 aromatic heterocycles. The number of rotatable bonds is 3. The lowest BCUT2D eigenvalue weighted by atomic mass is 9.94. The molecule has 22 heavy (non-hydrogen) atoms. The average molecular weight is 309 g/mol. The summed E-state index contributed by atoms with van der Waals surface area (Å²) in [5.41, 5.74) is 1.04. The highest BCUT2D eigenvalue weighted by Crippen LogP contribution is 2.38. The number of ether oxygens (including phenoxy) is 2. The fourth-order valence-electron chi connectivity index (χ4n) is 3.11. The second-order valence-electron chi connectivity index (χ2n) is 5.81. The Hall–Kier alpha value is -1.66. The second kappa shape index (κ2) is 6.22. The molecule has 1 aromatic rings. The Morgan fingerprint density at radius 1 is 1.41 bits per heavy atom. The standard InChI is InChI=1S/C16H20FNO4/c1-9(19)18-13-4-6-22-16-11(13)7-10(8-12(16)17)15(20)14-3-2-5-21-14/h7-8,13-15,20H,2-6H2,1H3,(H,18,19). The lowest BCUT2D eigenvalue weighted by Gasteiger charge is -2.28. The van der Waals surface area contributed by atoms with Gasteiger partial charge in [-0.15, -0.1) is 0 Å². The molecule has 5 nitrogen and oxygen atoms in total. The van der Waals surface area contributed by atoms with Gasteiger partial charge in [0.2, 0.25) is 5.91 Å². The molecule has 0 saturated carbocycles. The van der Waals surface area contributed by atoms with Crippen LogP contribution in [-0.2, 0) is 9.53 Å². The Kier molecular flexibility index (Phi) is 4.31. The number of nitrogens with one attached hydrogen (secondary N) is 1. The Morgan fingerprint density at radius 2 is 2.23 bits per heavy atom. The van der Waals surface area contributed by atoms with Crippen molar-refractivity contribution in [3.63, 3.8) is 0 Å². The molecule has 1 aromatic carbocycles. The number of fused-ring (bicyclic) bond motifs is 1. The third kappa shape index (κ3) is 2.94. The number of benzene rings is 1. The molecule has 0 radical (unpaired) electrons. The van der Waals surface area contributed by atoms with Crippen molar-refractivity contribution in [3.8, 4) is 5.75 Å². The van der Waals surface area contributed by atoms with Crippen LogP contribution in [0.2, 0.25) is 0 Å². The molecule has 1 fully saturated rings. The lowest BCUT2D eigenvalue weighted by molar-refractivity contribution is -0.119. The summed E-state index contributed by atoms with van der Waals surface area (Å²) in [4.78, 5) is 11.3. The molecule has 0 aliphatic carbocycles. The summed E-state index contributed by atoms with van der Waals surface area (Å²) in [6.07, 6.45) is 1.05. The molecule has 1 amide bonds. The number of aliphatic hydroxyl groups is 1. The number of hydrogen-bond donors (Lipinski definition) is 2. The van der Waals surface area contributed by atoms with Crippen molar-refractivity contribution < 1.29 is 23.8 Å². The van der Waals surface area contributed by atoms with Crippen LogP contribution in [0.25, 0.3) is 0 Å². The minimum atomic E-state index is -0.873. The molecule has 6 heteroatoms. The summed E-state index contributed by atoms with van der Waals surface area (Å²) in [7, 11) is 0. The van der Waals surface area contributed by atoms with Crippen molar-refractivity contribution in [3.05, 3.63) is 29.1 Å². The summed E-state index contributed by atoms with van der Waals surface area (Å²) in [6.45, 7) is 2.39. The van der Waals surface area contributed by atoms with Crippen LogP contribution in [0.5, 0.6) is 5.75 Å². The summed E-state index contributed by atoms with van der Waals surface area (Å²) in [5.74, 6) is -0.531. The van der Waals surface area contributed by atoms with Crippen molar-refractivity contribution in [2.24, 2.45) is 0 Å². The van der Waals surface area contributed by atoms with Gasteiger partial charge in [-0.3, -0.25) is 4.79 Å². The van der Waals surface area contributed by atoms with E-state index in [1.807, 2.05) is 0 Å². The molecule has 2 aliphatic heterocycles. The van der Waals surface area contributed by atoms with Gasteiger partial charge in [-0.2, -0.15) is 0 Å². The molecule has 0 bridgehead atoms. The zero-order valence-electron chi connectivity index (χ0n) is 12.5. The highest BCUT2D eigenvalue weighted by Gasteiger charge is 2.30. The largest absolute Gasteiger partial charge is 0.490 e. The van der Waals surface area contributed by atoms with Crippen LogP contribution in [0.4, 0.5) is 4.39 Å². The van der Waals surface area contributed by atoms with E-state index < -0.39 is 11.9 Å². The van der Waals surface area contributed by atoms with Gasteiger partial charge in [0.05, 0.1) is 18.8 Å². The third-order valence-corrected chi connectivity index (χ3v) is 4.16. The predicted octanol–water partition coefficient (Wildman–Crippen LogP) is 2.00. The minimum absolute atomic E-state index is 0.160. The van der Waals surface area contributed by atoms with E-state index in [4.69, 9.17) is 9.47 Å². The fraction of sp³-hybridized carbons (Fsp3) is 0.562. The van der Waals surface area contributed by atoms with Crippen LogP contribution in [0, 0.1) is 5.82 Å². The van der Waals surface area contributed by atoms with Crippen molar-refractivity contribution in [1.82, 2.24) is 5.32 Å². The van der Waals surface area contributed by atoms with Crippen LogP contribution < -0.4 is 10.1 Å². The van der Waals surface area contributed by atoms with Gasteiger partial charge in [-0.25, -0.2) is 4.39 Å². The van der Waals surface area contributed by atoms with Gasteiger partial charge in [-0.1, -0.05) is 0 Å². The van der Waals surface area contributed by atoms with Gasteiger partial charge in [0, 0.05) is 25.5 Å². The zero-order valence-corrected chi connectivity index (χ0v) is 12.5. The van der Waals surface area contributed by atoms with Crippen molar-refractivity contribution in [2.45, 2.75) is 44.4 Å². The Labute approximate surface area is 128 Å². The van der Waals surface area contributed by atoms with Crippen LogP contribution in [0.3, 0.4) is 0 Å². The van der Waals surface area contributed by atoms with Crippen molar-refractivity contribution in [2.75, 3.05) is 13.2 Å². The smallest absolute Gasteiger partial charge is 0.217 e. The molecule has 2 aliphatic rings. The Bertz CT molecular complexity index is 572. The monoisotopic (exact) mass is 309 g/mol. The molecule has 0 spiro atoms. The molecule has 2 heterocycles. The van der Waals surface area contributed by atoms with Gasteiger partial charge in [0.1, 0.15) is 6.10 Å². The average Bonchev–Trinajstić information content (AvgIpc) is 3.01. The fourth-order valence-corrected chi connectivity index (χ4v) is 3.11. The normalized spacial score (nSPS) is 25.2. The molecular weight excluding hydrogens is 289 g/mol. The van der Waals surface area contributed by atoms with Crippen molar-refractivity contribution in [1.29, 1.82) is 0 Å². The molecule has 1 saturated heterocycles. The van der Waals surface area contributed by atoms with Gasteiger partial charge in [-0.05, 0) is 30.5 Å². The zero-order chi connectivity index (χ0) is 15.7. The van der Waals surface area contributed by atoms with Gasteiger partial charge in [0.25, 0.3) is 0 Å². The van der Waals surface area contributed by atoms with Gasteiger partial charge < -0.3 is 19.9 Å². The Morgan fingerprint density at radius 3 is 2.91 bits per heavy atom. The SMILES string of the molecule is CC(=O)NC1CCOc2c(F)cc(C(O)C3CCCO3)cc21. The molecule has 120 valence electrons. The van der Waals surface area contributed by atoms with E-state index in [-0.39, 0.29) is 23.8 Å². The third-order valence-electron chi connectivity index (χ3n) is 4.16. The van der Waals surface area contributed by atoms with Gasteiger partial charge >= 0.3 is 0 Å². The first-order valence-corrected chi connectivity index (χ1v) is 7.59. The highest BCUT2D eigenvalue weighted by atomic mass is 19.1. The van der Waals surface area contributed by atoms with E-state index in [2.05, 4.69) is 5.32 Å². The van der Waals surface area contributed by atoms with E-state index in [0.717, 1.165) is 12.8 Å². The lowest BCUT2D eigenvalue weighted by Crippen LogP contribution is -2.31. The molecular formula is C16H20FNO4. The number of hydrogen-bond acceptors (Lipinski definition) is 4. The number of amides is 1. The van der Waals surface area contributed by atoms with E-state index in [9.17, 15) is 14.3 Å². The number of carbonyl (C=O) groups excluding carboxylic acids is 1. The number of halogens is 1. The first kappa shape index (κ1) is 15.2.